The summed E-state index contributed by atoms with van der Waals surface area (Å²) in [5.41, 5.74) is 2.88. The summed E-state index contributed by atoms with van der Waals surface area (Å²) in [6.45, 7) is 5.81. The molecule has 0 amide bonds. The maximum Gasteiger partial charge on any atom is 0.225 e. The molecule has 0 radical (unpaired) electrons. The van der Waals surface area contributed by atoms with Gasteiger partial charge >= 0.3 is 0 Å². The normalized spacial score (nSPS) is 14.2. The first kappa shape index (κ1) is 19.1. The number of hydrogen-bond acceptors (Lipinski definition) is 5. The van der Waals surface area contributed by atoms with Crippen molar-refractivity contribution in [2.45, 2.75) is 13.5 Å². The van der Waals surface area contributed by atoms with E-state index in [1.54, 1.807) is 12.1 Å². The Bertz CT molecular complexity index is 952. The molecule has 0 saturated carbocycles. The van der Waals surface area contributed by atoms with E-state index in [2.05, 4.69) is 25.1 Å². The zero-order chi connectivity index (χ0) is 20.2. The maximum atomic E-state index is 13.1. The van der Waals surface area contributed by atoms with Crippen molar-refractivity contribution in [1.29, 1.82) is 0 Å². The van der Waals surface area contributed by atoms with Crippen molar-refractivity contribution < 1.29 is 8.78 Å². The minimum absolute atomic E-state index is 0.218. The van der Waals surface area contributed by atoms with Crippen molar-refractivity contribution in [3.05, 3.63) is 77.5 Å². The van der Waals surface area contributed by atoms with Gasteiger partial charge in [-0.25, -0.2) is 13.8 Å². The number of hydrogen-bond donors (Lipinski definition) is 1. The molecule has 1 aliphatic rings. The highest BCUT2D eigenvalue weighted by atomic mass is 19.1. The second-order valence-electron chi connectivity index (χ2n) is 7.12. The third kappa shape index (κ3) is 4.80. The maximum absolute atomic E-state index is 13.1. The molecule has 2 aromatic carbocycles. The number of anilines is 3. The van der Waals surface area contributed by atoms with Crippen LogP contribution in [-0.4, -0.2) is 36.1 Å². The van der Waals surface area contributed by atoms with Gasteiger partial charge in [-0.3, -0.25) is 0 Å². The molecule has 5 nitrogen and oxygen atoms in total. The van der Waals surface area contributed by atoms with Crippen LogP contribution in [0.25, 0.3) is 0 Å². The lowest BCUT2D eigenvalue weighted by Crippen LogP contribution is -2.46. The van der Waals surface area contributed by atoms with Crippen LogP contribution in [0.1, 0.15) is 11.3 Å². The average Bonchev–Trinajstić information content (AvgIpc) is 2.74. The highest BCUT2D eigenvalue weighted by Crippen LogP contribution is 2.21. The number of nitrogens with one attached hydrogen (secondary N) is 1. The Morgan fingerprint density at radius 3 is 2.07 bits per heavy atom. The number of halogens is 2. The fourth-order valence-corrected chi connectivity index (χ4v) is 3.42. The summed E-state index contributed by atoms with van der Waals surface area (Å²) in [5, 5.41) is 3.22. The van der Waals surface area contributed by atoms with Crippen molar-refractivity contribution in [3.8, 4) is 0 Å². The van der Waals surface area contributed by atoms with Crippen LogP contribution in [0.15, 0.2) is 54.6 Å². The highest BCUT2D eigenvalue weighted by molar-refractivity contribution is 5.50. The lowest BCUT2D eigenvalue weighted by molar-refractivity contribution is 0.624. The number of aromatic nitrogens is 2. The van der Waals surface area contributed by atoms with Gasteiger partial charge in [-0.05, 0) is 48.9 Å². The molecule has 7 heteroatoms. The molecule has 0 atom stereocenters. The standard InChI is InChI=1S/C22H23F2N5/c1-16-14-21(27-22(26-16)25-15-17-2-4-18(23)5-3-17)29-12-10-28(11-13-29)20-8-6-19(24)7-9-20/h2-9,14H,10-13,15H2,1H3,(H,25,26,27). The second-order valence-corrected chi connectivity index (χ2v) is 7.12. The molecule has 2 heterocycles. The summed E-state index contributed by atoms with van der Waals surface area (Å²) in [6.07, 6.45) is 0. The molecule has 1 aliphatic heterocycles. The lowest BCUT2D eigenvalue weighted by Gasteiger charge is -2.36. The van der Waals surface area contributed by atoms with Crippen LogP contribution in [-0.2, 0) is 6.54 Å². The van der Waals surface area contributed by atoms with E-state index in [4.69, 9.17) is 0 Å². The van der Waals surface area contributed by atoms with Gasteiger partial charge in [0, 0.05) is 50.2 Å². The van der Waals surface area contributed by atoms with Crippen LogP contribution >= 0.6 is 0 Å². The molecular formula is C22H23F2N5. The summed E-state index contributed by atoms with van der Waals surface area (Å²) in [4.78, 5) is 13.6. The number of benzene rings is 2. The molecule has 150 valence electrons. The molecular weight excluding hydrogens is 372 g/mol. The minimum atomic E-state index is -0.248. The SMILES string of the molecule is Cc1cc(N2CCN(c3ccc(F)cc3)CC2)nc(NCc2ccc(F)cc2)n1. The Kier molecular flexibility index (Phi) is 5.55. The first-order valence-corrected chi connectivity index (χ1v) is 9.66. The minimum Gasteiger partial charge on any atom is -0.368 e. The van der Waals surface area contributed by atoms with Gasteiger partial charge in [0.1, 0.15) is 17.5 Å². The van der Waals surface area contributed by atoms with Crippen LogP contribution in [0.4, 0.5) is 26.2 Å². The van der Waals surface area contributed by atoms with E-state index in [9.17, 15) is 8.78 Å². The van der Waals surface area contributed by atoms with Crippen LogP contribution in [0.3, 0.4) is 0 Å². The zero-order valence-corrected chi connectivity index (χ0v) is 16.3. The summed E-state index contributed by atoms with van der Waals surface area (Å²) < 4.78 is 26.2. The molecule has 4 rings (SSSR count). The smallest absolute Gasteiger partial charge is 0.225 e. The fraction of sp³-hybridized carbons (Fsp3) is 0.273. The Balaban J connectivity index is 1.40. The highest BCUT2D eigenvalue weighted by Gasteiger charge is 2.19. The van der Waals surface area contributed by atoms with Gasteiger partial charge in [-0.2, -0.15) is 4.98 Å². The molecule has 3 aromatic rings. The van der Waals surface area contributed by atoms with Crippen molar-refractivity contribution in [2.75, 3.05) is 41.3 Å². The number of rotatable bonds is 5. The number of piperazine rings is 1. The summed E-state index contributed by atoms with van der Waals surface area (Å²) in [7, 11) is 0. The van der Waals surface area contributed by atoms with Gasteiger partial charge in [0.25, 0.3) is 0 Å². The zero-order valence-electron chi connectivity index (χ0n) is 16.3. The van der Waals surface area contributed by atoms with Gasteiger partial charge in [0.2, 0.25) is 5.95 Å². The van der Waals surface area contributed by atoms with Crippen molar-refractivity contribution in [3.63, 3.8) is 0 Å². The Hall–Kier alpha value is -3.22. The quantitative estimate of drug-likeness (QED) is 0.707. The molecule has 0 unspecified atom stereocenters. The molecule has 0 bridgehead atoms. The third-order valence-electron chi connectivity index (χ3n) is 5.00. The molecule has 0 aliphatic carbocycles. The molecule has 1 fully saturated rings. The van der Waals surface area contributed by atoms with Gasteiger partial charge in [0.05, 0.1) is 0 Å². The molecule has 1 saturated heterocycles. The summed E-state index contributed by atoms with van der Waals surface area (Å²) >= 11 is 0. The first-order valence-electron chi connectivity index (χ1n) is 9.66. The van der Waals surface area contributed by atoms with E-state index >= 15 is 0 Å². The molecule has 1 N–H and O–H groups in total. The van der Waals surface area contributed by atoms with Gasteiger partial charge < -0.3 is 15.1 Å². The van der Waals surface area contributed by atoms with Crippen LogP contribution < -0.4 is 15.1 Å². The van der Waals surface area contributed by atoms with Crippen LogP contribution in [0.2, 0.25) is 0 Å². The Morgan fingerprint density at radius 2 is 1.41 bits per heavy atom. The van der Waals surface area contributed by atoms with E-state index in [1.165, 1.54) is 24.3 Å². The van der Waals surface area contributed by atoms with Crippen molar-refractivity contribution in [2.24, 2.45) is 0 Å². The topological polar surface area (TPSA) is 44.3 Å². The number of aryl methyl sites for hydroxylation is 1. The largest absolute Gasteiger partial charge is 0.368 e. The number of nitrogens with zero attached hydrogens (tertiary/aromatic N) is 4. The van der Waals surface area contributed by atoms with E-state index in [0.717, 1.165) is 48.9 Å². The van der Waals surface area contributed by atoms with Crippen molar-refractivity contribution >= 4 is 17.5 Å². The van der Waals surface area contributed by atoms with E-state index in [0.29, 0.717) is 12.5 Å². The van der Waals surface area contributed by atoms with Crippen molar-refractivity contribution in [1.82, 2.24) is 9.97 Å². The Labute approximate surface area is 169 Å². The first-order chi connectivity index (χ1) is 14.1. The molecule has 29 heavy (non-hydrogen) atoms. The van der Waals surface area contributed by atoms with Gasteiger partial charge in [-0.1, -0.05) is 12.1 Å². The van der Waals surface area contributed by atoms with Crippen LogP contribution in [0, 0.1) is 18.6 Å². The van der Waals surface area contributed by atoms with E-state index in [-0.39, 0.29) is 11.6 Å². The lowest BCUT2D eigenvalue weighted by atomic mass is 10.2. The second kappa shape index (κ2) is 8.43. The monoisotopic (exact) mass is 395 g/mol. The van der Waals surface area contributed by atoms with E-state index < -0.39 is 0 Å². The summed E-state index contributed by atoms with van der Waals surface area (Å²) in [5.74, 6) is 0.982. The molecule has 1 aromatic heterocycles. The third-order valence-corrected chi connectivity index (χ3v) is 5.00. The van der Waals surface area contributed by atoms with E-state index in [1.807, 2.05) is 25.1 Å². The van der Waals surface area contributed by atoms with Crippen LogP contribution in [0.5, 0.6) is 0 Å². The average molecular weight is 395 g/mol. The van der Waals surface area contributed by atoms with Gasteiger partial charge in [0.15, 0.2) is 0 Å². The predicted molar refractivity (Wildman–Crippen MR) is 111 cm³/mol. The molecule has 0 spiro atoms. The Morgan fingerprint density at radius 1 is 0.828 bits per heavy atom. The summed E-state index contributed by atoms with van der Waals surface area (Å²) in [6, 6.07) is 15.0. The predicted octanol–water partition coefficient (Wildman–Crippen LogP) is 4.00. The fourth-order valence-electron chi connectivity index (χ4n) is 3.42. The van der Waals surface area contributed by atoms with Gasteiger partial charge in [-0.15, -0.1) is 0 Å².